The van der Waals surface area contributed by atoms with Crippen molar-refractivity contribution in [3.05, 3.63) is 47.3 Å². The molecule has 2 aromatic rings. The highest BCUT2D eigenvalue weighted by molar-refractivity contribution is 5.37. The van der Waals surface area contributed by atoms with E-state index in [0.29, 0.717) is 24.2 Å². The Morgan fingerprint density at radius 2 is 1.83 bits per heavy atom. The van der Waals surface area contributed by atoms with Crippen LogP contribution in [0.5, 0.6) is 11.8 Å². The molecule has 0 radical (unpaired) electrons. The number of likely N-dealkylation sites (tertiary alicyclic amines) is 1. The summed E-state index contributed by atoms with van der Waals surface area (Å²) in [6, 6.07) is 10.8. The van der Waals surface area contributed by atoms with Crippen molar-refractivity contribution in [3.63, 3.8) is 0 Å². The molecule has 2 N–H and O–H groups in total. The van der Waals surface area contributed by atoms with Crippen LogP contribution in [0.3, 0.4) is 0 Å². The Morgan fingerprint density at radius 1 is 1.10 bits per heavy atom. The van der Waals surface area contributed by atoms with Crippen LogP contribution in [0.4, 0.5) is 0 Å². The summed E-state index contributed by atoms with van der Waals surface area (Å²) < 4.78 is 11.8. The van der Waals surface area contributed by atoms with Crippen molar-refractivity contribution in [2.75, 3.05) is 13.7 Å². The molecule has 1 saturated heterocycles. The average Bonchev–Trinajstić information content (AvgIpc) is 3.55. The van der Waals surface area contributed by atoms with Crippen molar-refractivity contribution in [1.82, 2.24) is 14.9 Å². The van der Waals surface area contributed by atoms with Gasteiger partial charge in [-0.2, -0.15) is 9.97 Å². The van der Waals surface area contributed by atoms with Gasteiger partial charge in [0.05, 0.1) is 24.8 Å². The quantitative estimate of drug-likeness (QED) is 0.767. The van der Waals surface area contributed by atoms with E-state index in [1.165, 1.54) is 5.56 Å². The van der Waals surface area contributed by atoms with Gasteiger partial charge in [-0.25, -0.2) is 0 Å². The molecule has 2 atom stereocenters. The topological polar surface area (TPSA) is 73.5 Å². The van der Waals surface area contributed by atoms with E-state index in [-0.39, 0.29) is 18.2 Å². The molecule has 0 amide bonds. The molecule has 2 fully saturated rings. The Labute approximate surface area is 173 Å². The molecule has 1 aromatic carbocycles. The maximum atomic E-state index is 6.58. The predicted molar refractivity (Wildman–Crippen MR) is 113 cm³/mol. The third-order valence-corrected chi connectivity index (χ3v) is 5.72. The fourth-order valence-electron chi connectivity index (χ4n) is 4.20. The van der Waals surface area contributed by atoms with E-state index in [1.807, 2.05) is 19.9 Å². The molecule has 0 unspecified atom stereocenters. The smallest absolute Gasteiger partial charge is 0.225 e. The molecule has 156 valence electrons. The first-order chi connectivity index (χ1) is 14.1. The lowest BCUT2D eigenvalue weighted by Crippen LogP contribution is -2.45. The normalized spacial score (nSPS) is 22.7. The second-order valence-electron chi connectivity index (χ2n) is 8.45. The minimum atomic E-state index is 0.0361. The number of methoxy groups -OCH3 is 1. The van der Waals surface area contributed by atoms with E-state index in [0.717, 1.165) is 43.6 Å². The number of hydrogen-bond acceptors (Lipinski definition) is 6. The van der Waals surface area contributed by atoms with Crippen LogP contribution >= 0.6 is 0 Å². The summed E-state index contributed by atoms with van der Waals surface area (Å²) in [6.45, 7) is 5.68. The van der Waals surface area contributed by atoms with Crippen LogP contribution in [0.15, 0.2) is 30.3 Å². The maximum Gasteiger partial charge on any atom is 0.225 e. The molecule has 0 spiro atoms. The Bertz CT molecular complexity index is 823. The molecule has 1 aromatic heterocycles. The first-order valence-electron chi connectivity index (χ1n) is 10.7. The standard InChI is InChI=1S/C23H32N4O2/c1-15(2)29-23-18(22(28-3)25-21(26-23)17-11-12-17)14-27-13-7-10-19(24)20(27)16-8-5-4-6-9-16/h4-6,8-9,15,17,19-20H,7,10-14,24H2,1-3H3/t19-,20-/m0/s1. The van der Waals surface area contributed by atoms with Crippen LogP contribution in [0.1, 0.15) is 68.4 Å². The van der Waals surface area contributed by atoms with Gasteiger partial charge in [0.1, 0.15) is 5.82 Å². The number of nitrogens with two attached hydrogens (primary N) is 1. The summed E-state index contributed by atoms with van der Waals surface area (Å²) in [6.07, 6.45) is 4.42. The zero-order chi connectivity index (χ0) is 20.4. The molecular weight excluding hydrogens is 364 g/mol. The zero-order valence-electron chi connectivity index (χ0n) is 17.7. The number of ether oxygens (including phenoxy) is 2. The predicted octanol–water partition coefficient (Wildman–Crippen LogP) is 3.81. The highest BCUT2D eigenvalue weighted by Crippen LogP contribution is 2.41. The largest absolute Gasteiger partial charge is 0.481 e. The lowest BCUT2D eigenvalue weighted by atomic mass is 9.90. The minimum Gasteiger partial charge on any atom is -0.481 e. The molecule has 6 heteroatoms. The molecule has 6 nitrogen and oxygen atoms in total. The minimum absolute atomic E-state index is 0.0361. The second kappa shape index (κ2) is 8.67. The number of aromatic nitrogens is 2. The fraction of sp³-hybridized carbons (Fsp3) is 0.565. The van der Waals surface area contributed by atoms with Crippen LogP contribution in [0.2, 0.25) is 0 Å². The van der Waals surface area contributed by atoms with Crippen molar-refractivity contribution in [2.24, 2.45) is 5.73 Å². The third-order valence-electron chi connectivity index (χ3n) is 5.72. The van der Waals surface area contributed by atoms with Crippen molar-refractivity contribution < 1.29 is 9.47 Å². The molecular formula is C23H32N4O2. The van der Waals surface area contributed by atoms with E-state index >= 15 is 0 Å². The highest BCUT2D eigenvalue weighted by atomic mass is 16.5. The van der Waals surface area contributed by atoms with E-state index < -0.39 is 0 Å². The fourth-order valence-corrected chi connectivity index (χ4v) is 4.20. The van der Waals surface area contributed by atoms with Crippen LogP contribution in [0, 0.1) is 0 Å². The molecule has 29 heavy (non-hydrogen) atoms. The molecule has 2 heterocycles. The van der Waals surface area contributed by atoms with Crippen molar-refractivity contribution in [2.45, 2.75) is 70.2 Å². The lowest BCUT2D eigenvalue weighted by Gasteiger charge is -2.40. The van der Waals surface area contributed by atoms with Gasteiger partial charge in [-0.05, 0) is 51.6 Å². The molecule has 4 rings (SSSR count). The SMILES string of the molecule is COc1nc(C2CC2)nc(OC(C)C)c1CN1CCC[C@H](N)[C@@H]1c1ccccc1. The Hall–Kier alpha value is -2.18. The van der Waals surface area contributed by atoms with Crippen LogP contribution in [-0.4, -0.2) is 40.7 Å². The first-order valence-corrected chi connectivity index (χ1v) is 10.7. The molecule has 1 aliphatic carbocycles. The molecule has 2 aliphatic rings. The maximum absolute atomic E-state index is 6.58. The summed E-state index contributed by atoms with van der Waals surface area (Å²) in [5.41, 5.74) is 8.75. The van der Waals surface area contributed by atoms with Gasteiger partial charge in [-0.1, -0.05) is 30.3 Å². The number of rotatable bonds is 7. The van der Waals surface area contributed by atoms with Gasteiger partial charge in [0.15, 0.2) is 0 Å². The zero-order valence-corrected chi connectivity index (χ0v) is 17.7. The first kappa shape index (κ1) is 20.1. The van der Waals surface area contributed by atoms with E-state index in [9.17, 15) is 0 Å². The van der Waals surface area contributed by atoms with Gasteiger partial charge < -0.3 is 15.2 Å². The van der Waals surface area contributed by atoms with Crippen molar-refractivity contribution in [3.8, 4) is 11.8 Å². The van der Waals surface area contributed by atoms with E-state index in [4.69, 9.17) is 25.2 Å². The summed E-state index contributed by atoms with van der Waals surface area (Å²) in [5.74, 6) is 2.56. The van der Waals surface area contributed by atoms with E-state index in [2.05, 4.69) is 29.2 Å². The summed E-state index contributed by atoms with van der Waals surface area (Å²) in [5, 5.41) is 0. The Balaban J connectivity index is 1.69. The lowest BCUT2D eigenvalue weighted by molar-refractivity contribution is 0.115. The van der Waals surface area contributed by atoms with Crippen molar-refractivity contribution in [1.29, 1.82) is 0 Å². The molecule has 0 bridgehead atoms. The van der Waals surface area contributed by atoms with E-state index in [1.54, 1.807) is 7.11 Å². The van der Waals surface area contributed by atoms with Crippen molar-refractivity contribution >= 4 is 0 Å². The average molecular weight is 397 g/mol. The summed E-state index contributed by atoms with van der Waals surface area (Å²) in [4.78, 5) is 12.0. The number of hydrogen-bond donors (Lipinski definition) is 1. The number of benzene rings is 1. The van der Waals surface area contributed by atoms with Crippen LogP contribution in [-0.2, 0) is 6.54 Å². The number of piperidine rings is 1. The molecule has 1 saturated carbocycles. The number of nitrogens with zero attached hydrogens (tertiary/aromatic N) is 3. The second-order valence-corrected chi connectivity index (χ2v) is 8.45. The Morgan fingerprint density at radius 3 is 2.48 bits per heavy atom. The van der Waals surface area contributed by atoms with Crippen LogP contribution < -0.4 is 15.2 Å². The van der Waals surface area contributed by atoms with Gasteiger partial charge in [-0.3, -0.25) is 4.90 Å². The van der Waals surface area contributed by atoms with Gasteiger partial charge in [0, 0.05) is 18.5 Å². The van der Waals surface area contributed by atoms with Gasteiger partial charge in [-0.15, -0.1) is 0 Å². The van der Waals surface area contributed by atoms with Gasteiger partial charge in [0.2, 0.25) is 11.8 Å². The van der Waals surface area contributed by atoms with Gasteiger partial charge in [0.25, 0.3) is 0 Å². The molecule has 1 aliphatic heterocycles. The highest BCUT2D eigenvalue weighted by Gasteiger charge is 2.34. The monoisotopic (exact) mass is 396 g/mol. The Kier molecular flexibility index (Phi) is 6.01. The van der Waals surface area contributed by atoms with Gasteiger partial charge >= 0.3 is 0 Å². The summed E-state index contributed by atoms with van der Waals surface area (Å²) in [7, 11) is 1.68. The third kappa shape index (κ3) is 4.54. The summed E-state index contributed by atoms with van der Waals surface area (Å²) >= 11 is 0. The van der Waals surface area contributed by atoms with Crippen LogP contribution in [0.25, 0.3) is 0 Å².